The molecule has 121 valence electrons. The highest BCUT2D eigenvalue weighted by Crippen LogP contribution is 2.41. The van der Waals surface area contributed by atoms with E-state index < -0.39 is 0 Å². The predicted octanol–water partition coefficient (Wildman–Crippen LogP) is 4.32. The minimum absolute atomic E-state index is 0.00629. The third kappa shape index (κ3) is 3.53. The van der Waals surface area contributed by atoms with E-state index in [1.54, 1.807) is 24.3 Å². The number of hydrogen-bond acceptors (Lipinski definition) is 6. The highest BCUT2D eigenvalue weighted by atomic mass is 16.5. The number of methoxy groups -OCH3 is 3. The number of benzene rings is 2. The summed E-state index contributed by atoms with van der Waals surface area (Å²) in [6.45, 7) is 5.66. The quantitative estimate of drug-likeness (QED) is 0.834. The second-order valence-electron chi connectivity index (χ2n) is 4.88. The second-order valence-corrected chi connectivity index (χ2v) is 4.88. The first-order valence-corrected chi connectivity index (χ1v) is 6.87. The van der Waals surface area contributed by atoms with E-state index >= 15 is 0 Å². The molecule has 2 rings (SSSR count). The van der Waals surface area contributed by atoms with Crippen molar-refractivity contribution in [3.8, 4) is 23.0 Å². The third-order valence-electron chi connectivity index (χ3n) is 3.24. The van der Waals surface area contributed by atoms with Crippen molar-refractivity contribution in [2.45, 2.75) is 6.92 Å². The van der Waals surface area contributed by atoms with E-state index in [0.717, 1.165) is 5.56 Å². The number of hydrogen-bond donors (Lipinski definition) is 1. The summed E-state index contributed by atoms with van der Waals surface area (Å²) in [5, 5.41) is 18.2. The van der Waals surface area contributed by atoms with Gasteiger partial charge in [0.05, 0.1) is 27.0 Å². The zero-order chi connectivity index (χ0) is 17.0. The summed E-state index contributed by atoms with van der Waals surface area (Å²) in [4.78, 5) is 0. The number of phenolic OH excluding ortho intramolecular Hbond substituents is 1. The summed E-state index contributed by atoms with van der Waals surface area (Å²) in [6, 6.07) is 6.84. The van der Waals surface area contributed by atoms with Gasteiger partial charge in [0.15, 0.2) is 11.5 Å². The lowest BCUT2D eigenvalue weighted by Gasteiger charge is -2.12. The Bertz CT molecular complexity index is 717. The van der Waals surface area contributed by atoms with Crippen LogP contribution in [0.1, 0.15) is 11.1 Å². The molecule has 0 unspecified atom stereocenters. The van der Waals surface area contributed by atoms with Crippen molar-refractivity contribution in [1.29, 1.82) is 0 Å². The normalized spacial score (nSPS) is 10.8. The molecule has 6 nitrogen and oxygen atoms in total. The van der Waals surface area contributed by atoms with Crippen molar-refractivity contribution in [1.82, 2.24) is 0 Å². The molecular weight excluding hydrogens is 296 g/mol. The fraction of sp³-hybridized carbons (Fsp3) is 0.235. The molecule has 0 atom stereocenters. The highest BCUT2D eigenvalue weighted by molar-refractivity contribution is 5.61. The Balaban J connectivity index is 2.44. The van der Waals surface area contributed by atoms with E-state index in [-0.39, 0.29) is 5.75 Å². The van der Waals surface area contributed by atoms with Gasteiger partial charge >= 0.3 is 0 Å². The van der Waals surface area contributed by atoms with Gasteiger partial charge in [-0.2, -0.15) is 5.11 Å². The lowest BCUT2D eigenvalue weighted by atomic mass is 10.1. The molecule has 2 aromatic carbocycles. The molecule has 23 heavy (non-hydrogen) atoms. The van der Waals surface area contributed by atoms with Crippen LogP contribution in [0.4, 0.5) is 11.4 Å². The first-order valence-electron chi connectivity index (χ1n) is 6.87. The van der Waals surface area contributed by atoms with Gasteiger partial charge in [0, 0.05) is 12.1 Å². The van der Waals surface area contributed by atoms with E-state index in [9.17, 15) is 5.11 Å². The topological polar surface area (TPSA) is 72.6 Å². The molecule has 0 aliphatic heterocycles. The lowest BCUT2D eigenvalue weighted by molar-refractivity contribution is 0.324. The van der Waals surface area contributed by atoms with Gasteiger partial charge in [-0.05, 0) is 31.0 Å². The number of rotatable bonds is 5. The van der Waals surface area contributed by atoms with Gasteiger partial charge in [-0.25, -0.2) is 0 Å². The van der Waals surface area contributed by atoms with Crippen molar-refractivity contribution in [2.75, 3.05) is 21.3 Å². The predicted molar refractivity (Wildman–Crippen MR) is 87.6 cm³/mol. The fourth-order valence-corrected chi connectivity index (χ4v) is 2.15. The van der Waals surface area contributed by atoms with Crippen molar-refractivity contribution in [3.05, 3.63) is 42.3 Å². The molecule has 0 saturated carbocycles. The van der Waals surface area contributed by atoms with Gasteiger partial charge in [0.25, 0.3) is 0 Å². The van der Waals surface area contributed by atoms with Crippen LogP contribution in [0, 0.1) is 13.8 Å². The van der Waals surface area contributed by atoms with Crippen molar-refractivity contribution >= 4 is 11.4 Å². The molecule has 0 aromatic heterocycles. The van der Waals surface area contributed by atoms with Crippen molar-refractivity contribution < 1.29 is 19.3 Å². The molecule has 0 spiro atoms. The van der Waals surface area contributed by atoms with E-state index in [1.807, 2.05) is 6.92 Å². The minimum atomic E-state index is 0.00629. The van der Waals surface area contributed by atoms with Crippen LogP contribution in [0.15, 0.2) is 34.5 Å². The molecule has 6 heteroatoms. The van der Waals surface area contributed by atoms with E-state index in [2.05, 4.69) is 17.2 Å². The second kappa shape index (κ2) is 7.00. The molecule has 0 fully saturated rings. The number of azo groups is 1. The largest absolute Gasteiger partial charge is 0.505 e. The maximum atomic E-state index is 10.00. The summed E-state index contributed by atoms with van der Waals surface area (Å²) in [6.07, 6.45) is 0. The van der Waals surface area contributed by atoms with Gasteiger partial charge in [-0.15, -0.1) is 5.11 Å². The van der Waals surface area contributed by atoms with Crippen LogP contribution in [0.5, 0.6) is 23.0 Å². The van der Waals surface area contributed by atoms with Gasteiger partial charge in [0.2, 0.25) is 5.75 Å². The van der Waals surface area contributed by atoms with Gasteiger partial charge in [-0.1, -0.05) is 6.07 Å². The van der Waals surface area contributed by atoms with Gasteiger partial charge in [-0.3, -0.25) is 0 Å². The summed E-state index contributed by atoms with van der Waals surface area (Å²) >= 11 is 0. The number of aromatic hydroxyl groups is 1. The van der Waals surface area contributed by atoms with Crippen LogP contribution in [-0.2, 0) is 0 Å². The van der Waals surface area contributed by atoms with E-state index in [4.69, 9.17) is 14.2 Å². The Morgan fingerprint density at radius 3 is 2.04 bits per heavy atom. The monoisotopic (exact) mass is 315 g/mol. The first kappa shape index (κ1) is 16.6. The number of phenols is 1. The number of ether oxygens (including phenoxy) is 3. The molecule has 0 aliphatic carbocycles. The lowest BCUT2D eigenvalue weighted by Crippen LogP contribution is -1.94. The highest BCUT2D eigenvalue weighted by Gasteiger charge is 2.13. The Hall–Kier alpha value is -2.76. The van der Waals surface area contributed by atoms with Gasteiger partial charge < -0.3 is 19.3 Å². The molecular formula is C17H19N2O4. The zero-order valence-electron chi connectivity index (χ0n) is 13.6. The van der Waals surface area contributed by atoms with Crippen LogP contribution >= 0.6 is 0 Å². The smallest absolute Gasteiger partial charge is 0.203 e. The van der Waals surface area contributed by atoms with Gasteiger partial charge in [0.1, 0.15) is 11.4 Å². The Morgan fingerprint density at radius 1 is 0.913 bits per heavy atom. The molecule has 0 bridgehead atoms. The van der Waals surface area contributed by atoms with Crippen LogP contribution in [0.3, 0.4) is 0 Å². The third-order valence-corrected chi connectivity index (χ3v) is 3.24. The zero-order valence-corrected chi connectivity index (χ0v) is 13.6. The van der Waals surface area contributed by atoms with Crippen molar-refractivity contribution in [2.24, 2.45) is 10.2 Å². The maximum absolute atomic E-state index is 10.00. The molecule has 0 heterocycles. The molecule has 2 aromatic rings. The Labute approximate surface area is 135 Å². The molecule has 1 N–H and O–H groups in total. The summed E-state index contributed by atoms with van der Waals surface area (Å²) in [5.41, 5.74) is 2.30. The summed E-state index contributed by atoms with van der Waals surface area (Å²) in [5.74, 6) is 1.44. The van der Waals surface area contributed by atoms with Crippen molar-refractivity contribution in [3.63, 3.8) is 0 Å². The SMILES string of the molecule is [CH2]c1cc(C)cc(/N=N/c2cc(OC)c(OC)c(OC)c2)c1O. The number of nitrogens with zero attached hydrogens (tertiary/aromatic N) is 2. The summed E-state index contributed by atoms with van der Waals surface area (Å²) < 4.78 is 15.8. The average Bonchev–Trinajstić information content (AvgIpc) is 2.55. The minimum Gasteiger partial charge on any atom is -0.505 e. The van der Waals surface area contributed by atoms with E-state index in [1.165, 1.54) is 21.3 Å². The standard InChI is InChI=1S/C17H19N2O4/c1-10-6-11(2)16(20)13(7-10)19-18-12-8-14(21-3)17(23-5)15(9-12)22-4/h6-9,20H,2H2,1,3-5H3/b19-18+. The van der Waals surface area contributed by atoms with Crippen LogP contribution in [-0.4, -0.2) is 26.4 Å². The van der Waals surface area contributed by atoms with Crippen LogP contribution in [0.2, 0.25) is 0 Å². The summed E-state index contributed by atoms with van der Waals surface area (Å²) in [7, 11) is 4.58. The molecule has 0 saturated heterocycles. The molecule has 0 amide bonds. The van der Waals surface area contributed by atoms with Crippen LogP contribution < -0.4 is 14.2 Å². The average molecular weight is 315 g/mol. The maximum Gasteiger partial charge on any atom is 0.203 e. The Kier molecular flexibility index (Phi) is 5.05. The van der Waals surface area contributed by atoms with Crippen LogP contribution in [0.25, 0.3) is 0 Å². The first-order chi connectivity index (χ1) is 11.0. The number of aryl methyl sites for hydroxylation is 1. The Morgan fingerprint density at radius 2 is 1.52 bits per heavy atom. The molecule has 1 radical (unpaired) electrons. The van der Waals surface area contributed by atoms with E-state index in [0.29, 0.717) is 34.2 Å². The molecule has 0 aliphatic rings. The fourth-order valence-electron chi connectivity index (χ4n) is 2.15.